The van der Waals surface area contributed by atoms with Gasteiger partial charge >= 0.3 is 0 Å². The highest BCUT2D eigenvalue weighted by Crippen LogP contribution is 2.23. The normalized spacial score (nSPS) is 19.7. The molecule has 1 aromatic carbocycles. The lowest BCUT2D eigenvalue weighted by molar-refractivity contribution is 0.0130. The molecule has 1 aromatic heterocycles. The predicted molar refractivity (Wildman–Crippen MR) is 98.4 cm³/mol. The third-order valence-corrected chi connectivity index (χ3v) is 5.29. The zero-order valence-corrected chi connectivity index (χ0v) is 15.1. The zero-order chi connectivity index (χ0) is 17.8. The van der Waals surface area contributed by atoms with Crippen LogP contribution in [0.15, 0.2) is 34.7 Å². The third-order valence-electron chi connectivity index (χ3n) is 5.29. The Balaban J connectivity index is 1.51. The van der Waals surface area contributed by atoms with Crippen LogP contribution < -0.4 is 0 Å². The highest BCUT2D eigenvalue weighted by atomic mass is 16.5. The van der Waals surface area contributed by atoms with Crippen molar-refractivity contribution in [2.45, 2.75) is 18.9 Å². The van der Waals surface area contributed by atoms with E-state index >= 15 is 0 Å². The summed E-state index contributed by atoms with van der Waals surface area (Å²) in [5.41, 5.74) is 0.760. The first kappa shape index (κ1) is 17.5. The van der Waals surface area contributed by atoms with Crippen molar-refractivity contribution in [1.29, 1.82) is 0 Å². The average molecular weight is 358 g/mol. The molecule has 0 saturated carbocycles. The molecule has 0 aliphatic carbocycles. The number of nitrogens with zero attached hydrogens (tertiary/aromatic N) is 2. The summed E-state index contributed by atoms with van der Waals surface area (Å²) in [5.74, 6) is 0.418. The second-order valence-corrected chi connectivity index (χ2v) is 6.94. The predicted octanol–water partition coefficient (Wildman–Crippen LogP) is 2.39. The van der Waals surface area contributed by atoms with E-state index in [9.17, 15) is 4.79 Å². The van der Waals surface area contributed by atoms with Crippen LogP contribution in [0.5, 0.6) is 0 Å². The molecule has 0 unspecified atom stereocenters. The maximum atomic E-state index is 13.2. The Hall–Kier alpha value is -1.89. The minimum Gasteiger partial charge on any atom is -0.451 e. The van der Waals surface area contributed by atoms with Crippen molar-refractivity contribution in [1.82, 2.24) is 9.80 Å². The Morgan fingerprint density at radius 3 is 2.58 bits per heavy atom. The number of fused-ring (bicyclic) bond motifs is 1. The van der Waals surface area contributed by atoms with E-state index in [1.54, 1.807) is 0 Å². The zero-order valence-electron chi connectivity index (χ0n) is 15.1. The highest BCUT2D eigenvalue weighted by Gasteiger charge is 2.29. The van der Waals surface area contributed by atoms with Gasteiger partial charge in [-0.05, 0) is 25.0 Å². The molecule has 3 heterocycles. The van der Waals surface area contributed by atoms with Crippen LogP contribution in [0.4, 0.5) is 0 Å². The minimum atomic E-state index is -0.0126. The molecular formula is C20H26N2O4. The number of rotatable bonds is 5. The Bertz CT molecular complexity index is 699. The Morgan fingerprint density at radius 2 is 1.81 bits per heavy atom. The van der Waals surface area contributed by atoms with E-state index in [-0.39, 0.29) is 11.9 Å². The van der Waals surface area contributed by atoms with Crippen molar-refractivity contribution < 1.29 is 18.7 Å². The van der Waals surface area contributed by atoms with Crippen LogP contribution in [0, 0.1) is 0 Å². The maximum absolute atomic E-state index is 13.2. The summed E-state index contributed by atoms with van der Waals surface area (Å²) in [7, 11) is 0. The van der Waals surface area contributed by atoms with Crippen LogP contribution in [0.1, 0.15) is 23.4 Å². The van der Waals surface area contributed by atoms with Crippen molar-refractivity contribution in [3.63, 3.8) is 0 Å². The largest absolute Gasteiger partial charge is 0.451 e. The first-order valence-electron chi connectivity index (χ1n) is 9.48. The molecule has 0 radical (unpaired) electrons. The van der Waals surface area contributed by atoms with Gasteiger partial charge in [0, 0.05) is 50.8 Å². The molecule has 140 valence electrons. The lowest BCUT2D eigenvalue weighted by atomic mass is 10.1. The molecule has 0 N–H and O–H groups in total. The first-order chi connectivity index (χ1) is 12.8. The van der Waals surface area contributed by atoms with Gasteiger partial charge < -0.3 is 18.8 Å². The molecule has 2 aliphatic rings. The van der Waals surface area contributed by atoms with Crippen molar-refractivity contribution in [3.8, 4) is 0 Å². The SMILES string of the molecule is O=C(c1cc2ccccc2o1)N(CCN1CCOCC1)C1CCOCC1. The molecule has 1 amide bonds. The number of hydrogen-bond acceptors (Lipinski definition) is 5. The van der Waals surface area contributed by atoms with E-state index in [4.69, 9.17) is 13.9 Å². The smallest absolute Gasteiger partial charge is 0.289 e. The van der Waals surface area contributed by atoms with E-state index in [1.807, 2.05) is 35.2 Å². The minimum absolute atomic E-state index is 0.0126. The molecular weight excluding hydrogens is 332 g/mol. The summed E-state index contributed by atoms with van der Waals surface area (Å²) in [6, 6.07) is 9.83. The van der Waals surface area contributed by atoms with Crippen molar-refractivity contribution in [3.05, 3.63) is 36.1 Å². The van der Waals surface area contributed by atoms with Gasteiger partial charge in [0.25, 0.3) is 5.91 Å². The standard InChI is InChI=1S/C20H26N2O4/c23-20(19-15-16-3-1-2-4-18(16)26-19)22(17-5-11-24-12-6-17)8-7-21-9-13-25-14-10-21/h1-4,15,17H,5-14H2. The van der Waals surface area contributed by atoms with E-state index in [0.717, 1.165) is 56.7 Å². The van der Waals surface area contributed by atoms with Crippen LogP contribution in [0.25, 0.3) is 11.0 Å². The Labute approximate surface area is 153 Å². The molecule has 0 bridgehead atoms. The number of para-hydroxylation sites is 1. The van der Waals surface area contributed by atoms with Gasteiger partial charge in [-0.1, -0.05) is 18.2 Å². The van der Waals surface area contributed by atoms with Gasteiger partial charge in [-0.15, -0.1) is 0 Å². The number of carbonyl (C=O) groups is 1. The molecule has 4 rings (SSSR count). The number of benzene rings is 1. The van der Waals surface area contributed by atoms with Crippen molar-refractivity contribution in [2.24, 2.45) is 0 Å². The second-order valence-electron chi connectivity index (χ2n) is 6.94. The summed E-state index contributed by atoms with van der Waals surface area (Å²) in [5, 5.41) is 0.968. The number of furan rings is 1. The van der Waals surface area contributed by atoms with Crippen molar-refractivity contribution in [2.75, 3.05) is 52.6 Å². The number of carbonyl (C=O) groups excluding carboxylic acids is 1. The first-order valence-corrected chi connectivity index (χ1v) is 9.48. The molecule has 2 fully saturated rings. The average Bonchev–Trinajstić information content (AvgIpc) is 3.14. The Kier molecular flexibility index (Phi) is 5.53. The highest BCUT2D eigenvalue weighted by molar-refractivity contribution is 5.96. The summed E-state index contributed by atoms with van der Waals surface area (Å²) >= 11 is 0. The monoisotopic (exact) mass is 358 g/mol. The van der Waals surface area contributed by atoms with Crippen LogP contribution in [0.3, 0.4) is 0 Å². The number of amides is 1. The van der Waals surface area contributed by atoms with Gasteiger partial charge in [0.2, 0.25) is 0 Å². The fourth-order valence-electron chi connectivity index (χ4n) is 3.75. The molecule has 6 nitrogen and oxygen atoms in total. The molecule has 2 aromatic rings. The van der Waals surface area contributed by atoms with Gasteiger partial charge in [0.05, 0.1) is 13.2 Å². The van der Waals surface area contributed by atoms with Gasteiger partial charge in [-0.2, -0.15) is 0 Å². The summed E-state index contributed by atoms with van der Waals surface area (Å²) in [6.07, 6.45) is 1.77. The van der Waals surface area contributed by atoms with Crippen LogP contribution in [0.2, 0.25) is 0 Å². The van der Waals surface area contributed by atoms with Crippen LogP contribution >= 0.6 is 0 Å². The van der Waals surface area contributed by atoms with Gasteiger partial charge in [-0.25, -0.2) is 0 Å². The third kappa shape index (κ3) is 3.92. The van der Waals surface area contributed by atoms with E-state index in [2.05, 4.69) is 4.90 Å². The van der Waals surface area contributed by atoms with Crippen LogP contribution in [-0.2, 0) is 9.47 Å². The molecule has 26 heavy (non-hydrogen) atoms. The lowest BCUT2D eigenvalue weighted by Crippen LogP contribution is -2.48. The quantitative estimate of drug-likeness (QED) is 0.821. The second kappa shape index (κ2) is 8.20. The van der Waals surface area contributed by atoms with E-state index in [0.29, 0.717) is 25.5 Å². The number of morpholine rings is 1. The summed E-state index contributed by atoms with van der Waals surface area (Å²) in [6.45, 7) is 6.41. The van der Waals surface area contributed by atoms with Gasteiger partial charge in [-0.3, -0.25) is 9.69 Å². The summed E-state index contributed by atoms with van der Waals surface area (Å²) in [4.78, 5) is 17.6. The molecule has 0 spiro atoms. The molecule has 6 heteroatoms. The number of hydrogen-bond donors (Lipinski definition) is 0. The van der Waals surface area contributed by atoms with Gasteiger partial charge in [0.1, 0.15) is 5.58 Å². The van der Waals surface area contributed by atoms with Gasteiger partial charge in [0.15, 0.2) is 5.76 Å². The van der Waals surface area contributed by atoms with Crippen molar-refractivity contribution >= 4 is 16.9 Å². The lowest BCUT2D eigenvalue weighted by Gasteiger charge is -2.36. The molecule has 2 aliphatic heterocycles. The fraction of sp³-hybridized carbons (Fsp3) is 0.550. The molecule has 0 atom stereocenters. The number of ether oxygens (including phenoxy) is 2. The molecule has 2 saturated heterocycles. The fourth-order valence-corrected chi connectivity index (χ4v) is 3.75. The topological polar surface area (TPSA) is 55.2 Å². The van der Waals surface area contributed by atoms with E-state index < -0.39 is 0 Å². The maximum Gasteiger partial charge on any atom is 0.289 e. The Morgan fingerprint density at radius 1 is 1.08 bits per heavy atom. The summed E-state index contributed by atoms with van der Waals surface area (Å²) < 4.78 is 16.7. The van der Waals surface area contributed by atoms with E-state index in [1.165, 1.54) is 0 Å². The van der Waals surface area contributed by atoms with Crippen LogP contribution in [-0.4, -0.2) is 74.4 Å².